The Morgan fingerprint density at radius 3 is 2.25 bits per heavy atom. The van der Waals surface area contributed by atoms with Crippen LogP contribution in [0.1, 0.15) is 61.6 Å². The summed E-state index contributed by atoms with van der Waals surface area (Å²) in [6.45, 7) is 11.3. The number of rotatable bonds is 0. The van der Waals surface area contributed by atoms with Gasteiger partial charge in [0.2, 0.25) is 0 Å². The van der Waals surface area contributed by atoms with Crippen LogP contribution in [0.15, 0.2) is 12.1 Å². The molecule has 0 saturated heterocycles. The van der Waals surface area contributed by atoms with Gasteiger partial charge < -0.3 is 0 Å². The van der Waals surface area contributed by atoms with Crippen LogP contribution in [0.2, 0.25) is 0 Å². The number of hydrogen-bond donors (Lipinski definition) is 0. The minimum Gasteiger partial charge on any atom is -0.253 e. The van der Waals surface area contributed by atoms with E-state index in [2.05, 4.69) is 46.8 Å². The number of aromatic nitrogens is 1. The average Bonchev–Trinajstić information content (AvgIpc) is 2.38. The maximum atomic E-state index is 4.90. The molecule has 1 heteroatoms. The molecule has 0 aliphatic heterocycles. The minimum atomic E-state index is 0.168. The number of nitrogens with zero attached hydrogens (tertiary/aromatic N) is 1. The van der Waals surface area contributed by atoms with E-state index in [0.29, 0.717) is 0 Å². The molecular formula is C19H25N. The molecule has 0 unspecified atom stereocenters. The second-order valence-electron chi connectivity index (χ2n) is 7.32. The second kappa shape index (κ2) is 4.58. The van der Waals surface area contributed by atoms with Crippen molar-refractivity contribution in [1.29, 1.82) is 0 Å². The third-order valence-electron chi connectivity index (χ3n) is 4.59. The summed E-state index contributed by atoms with van der Waals surface area (Å²) in [6.07, 6.45) is 5.08. The van der Waals surface area contributed by atoms with Crippen LogP contribution in [-0.4, -0.2) is 4.98 Å². The summed E-state index contributed by atoms with van der Waals surface area (Å²) in [5.41, 5.74) is 8.60. The first-order valence-corrected chi connectivity index (χ1v) is 7.81. The molecule has 0 N–H and O–H groups in total. The van der Waals surface area contributed by atoms with E-state index in [-0.39, 0.29) is 5.41 Å². The molecule has 1 aromatic heterocycles. The van der Waals surface area contributed by atoms with Crippen molar-refractivity contribution in [3.63, 3.8) is 0 Å². The summed E-state index contributed by atoms with van der Waals surface area (Å²) in [7, 11) is 0. The van der Waals surface area contributed by atoms with E-state index in [0.717, 1.165) is 5.69 Å². The molecule has 0 spiro atoms. The quantitative estimate of drug-likeness (QED) is 0.652. The molecule has 1 aliphatic rings. The molecule has 1 heterocycles. The second-order valence-corrected chi connectivity index (χ2v) is 7.32. The molecule has 0 bridgehead atoms. The van der Waals surface area contributed by atoms with Gasteiger partial charge in [-0.3, -0.25) is 4.98 Å². The Balaban J connectivity index is 2.42. The monoisotopic (exact) mass is 267 g/mol. The average molecular weight is 267 g/mol. The fourth-order valence-electron chi connectivity index (χ4n) is 3.59. The van der Waals surface area contributed by atoms with Gasteiger partial charge in [0.1, 0.15) is 0 Å². The predicted octanol–water partition coefficient (Wildman–Crippen LogP) is 5.03. The zero-order chi connectivity index (χ0) is 14.5. The Kier molecular flexibility index (Phi) is 3.12. The number of hydrogen-bond acceptors (Lipinski definition) is 1. The van der Waals surface area contributed by atoms with E-state index < -0.39 is 0 Å². The van der Waals surface area contributed by atoms with Gasteiger partial charge in [0, 0.05) is 11.1 Å². The van der Waals surface area contributed by atoms with E-state index in [1.54, 1.807) is 5.56 Å². The Morgan fingerprint density at radius 1 is 0.950 bits per heavy atom. The van der Waals surface area contributed by atoms with Gasteiger partial charge in [-0.1, -0.05) is 20.8 Å². The van der Waals surface area contributed by atoms with Gasteiger partial charge in [-0.05, 0) is 79.3 Å². The van der Waals surface area contributed by atoms with Gasteiger partial charge in [-0.25, -0.2) is 0 Å². The van der Waals surface area contributed by atoms with Crippen LogP contribution >= 0.6 is 0 Å². The normalized spacial score (nSPS) is 15.4. The summed E-state index contributed by atoms with van der Waals surface area (Å²) >= 11 is 0. The van der Waals surface area contributed by atoms with E-state index in [1.165, 1.54) is 53.3 Å². The van der Waals surface area contributed by atoms with Crippen molar-refractivity contribution in [1.82, 2.24) is 4.98 Å². The van der Waals surface area contributed by atoms with Crippen LogP contribution in [0.25, 0.3) is 10.9 Å². The van der Waals surface area contributed by atoms with Crippen molar-refractivity contribution < 1.29 is 0 Å². The lowest BCUT2D eigenvalue weighted by Gasteiger charge is -2.26. The topological polar surface area (TPSA) is 12.9 Å². The third-order valence-corrected chi connectivity index (χ3v) is 4.59. The lowest BCUT2D eigenvalue weighted by Crippen LogP contribution is -2.15. The number of fused-ring (bicyclic) bond motifs is 3. The molecule has 1 aromatic carbocycles. The first-order valence-electron chi connectivity index (χ1n) is 7.81. The highest BCUT2D eigenvalue weighted by Gasteiger charge is 2.22. The van der Waals surface area contributed by atoms with Crippen LogP contribution in [0.3, 0.4) is 0 Å². The first kappa shape index (κ1) is 13.6. The highest BCUT2D eigenvalue weighted by Crippen LogP contribution is 2.36. The van der Waals surface area contributed by atoms with Gasteiger partial charge in [-0.2, -0.15) is 0 Å². The van der Waals surface area contributed by atoms with Crippen LogP contribution in [0, 0.1) is 13.8 Å². The van der Waals surface area contributed by atoms with Crippen LogP contribution in [0.4, 0.5) is 0 Å². The highest BCUT2D eigenvalue weighted by molar-refractivity contribution is 5.88. The van der Waals surface area contributed by atoms with Crippen molar-refractivity contribution in [3.05, 3.63) is 40.1 Å². The van der Waals surface area contributed by atoms with E-state index in [1.807, 2.05) is 0 Å². The van der Waals surface area contributed by atoms with E-state index >= 15 is 0 Å². The Labute approximate surface area is 122 Å². The van der Waals surface area contributed by atoms with Crippen molar-refractivity contribution in [2.45, 2.75) is 65.7 Å². The van der Waals surface area contributed by atoms with Gasteiger partial charge in [0.25, 0.3) is 0 Å². The van der Waals surface area contributed by atoms with Crippen molar-refractivity contribution in [2.75, 3.05) is 0 Å². The zero-order valence-electron chi connectivity index (χ0n) is 13.4. The molecule has 2 aromatic rings. The van der Waals surface area contributed by atoms with Crippen LogP contribution in [0.5, 0.6) is 0 Å². The predicted molar refractivity (Wildman–Crippen MR) is 86.6 cm³/mol. The Morgan fingerprint density at radius 2 is 1.60 bits per heavy atom. The number of benzene rings is 1. The standard InChI is InChI=1S/C19H25N/c1-12-10-16-17(19(3,4)5)11-13(2)20-18(16)15-9-7-6-8-14(12)15/h10-11H,6-9H2,1-5H3. The SMILES string of the molecule is Cc1cc(C(C)(C)C)c2cc(C)c3c(c2n1)CCCC3. The largest absolute Gasteiger partial charge is 0.253 e. The minimum absolute atomic E-state index is 0.168. The molecule has 20 heavy (non-hydrogen) atoms. The third kappa shape index (κ3) is 2.13. The molecule has 3 rings (SSSR count). The Bertz CT molecular complexity index is 674. The highest BCUT2D eigenvalue weighted by atomic mass is 14.7. The van der Waals surface area contributed by atoms with Crippen LogP contribution in [-0.2, 0) is 18.3 Å². The molecule has 0 saturated carbocycles. The van der Waals surface area contributed by atoms with Gasteiger partial charge in [0.05, 0.1) is 5.52 Å². The van der Waals surface area contributed by atoms with Crippen molar-refractivity contribution >= 4 is 10.9 Å². The van der Waals surface area contributed by atoms with Gasteiger partial charge >= 0.3 is 0 Å². The smallest absolute Gasteiger partial charge is 0.0743 e. The van der Waals surface area contributed by atoms with Crippen molar-refractivity contribution in [2.24, 2.45) is 0 Å². The zero-order valence-corrected chi connectivity index (χ0v) is 13.4. The lowest BCUT2D eigenvalue weighted by molar-refractivity contribution is 0.594. The van der Waals surface area contributed by atoms with E-state index in [4.69, 9.17) is 4.98 Å². The molecule has 0 fully saturated rings. The van der Waals surface area contributed by atoms with Gasteiger partial charge in [0.15, 0.2) is 0 Å². The fraction of sp³-hybridized carbons (Fsp3) is 0.526. The molecule has 0 atom stereocenters. The van der Waals surface area contributed by atoms with Crippen molar-refractivity contribution in [3.8, 4) is 0 Å². The summed E-state index contributed by atoms with van der Waals surface area (Å²) in [4.78, 5) is 4.90. The van der Waals surface area contributed by atoms with E-state index in [9.17, 15) is 0 Å². The molecule has 0 radical (unpaired) electrons. The summed E-state index contributed by atoms with van der Waals surface area (Å²) in [5.74, 6) is 0. The lowest BCUT2D eigenvalue weighted by atomic mass is 9.80. The summed E-state index contributed by atoms with van der Waals surface area (Å²) in [6, 6.07) is 4.66. The van der Waals surface area contributed by atoms with Gasteiger partial charge in [-0.15, -0.1) is 0 Å². The maximum Gasteiger partial charge on any atom is 0.0743 e. The summed E-state index contributed by atoms with van der Waals surface area (Å²) in [5, 5.41) is 1.38. The fourth-order valence-corrected chi connectivity index (χ4v) is 3.59. The Hall–Kier alpha value is -1.37. The van der Waals surface area contributed by atoms with Crippen LogP contribution < -0.4 is 0 Å². The maximum absolute atomic E-state index is 4.90. The number of pyridine rings is 1. The molecule has 1 aliphatic carbocycles. The number of aryl methyl sites for hydroxylation is 3. The first-order chi connectivity index (χ1) is 9.38. The summed E-state index contributed by atoms with van der Waals surface area (Å²) < 4.78 is 0. The molecule has 106 valence electrons. The molecule has 1 nitrogen and oxygen atoms in total. The molecule has 0 amide bonds. The molecular weight excluding hydrogens is 242 g/mol.